The summed E-state index contributed by atoms with van der Waals surface area (Å²) in [5.41, 5.74) is 1.95. The molecule has 1 unspecified atom stereocenters. The summed E-state index contributed by atoms with van der Waals surface area (Å²) in [6.07, 6.45) is 0. The third-order valence-corrected chi connectivity index (χ3v) is 3.32. The molecule has 0 saturated heterocycles. The normalized spacial score (nSPS) is 11.9. The summed E-state index contributed by atoms with van der Waals surface area (Å²) in [4.78, 5) is 13.9. The summed E-state index contributed by atoms with van der Waals surface area (Å²) in [5.74, 6) is -0.115. The molecule has 0 bridgehead atoms. The van der Waals surface area contributed by atoms with Crippen molar-refractivity contribution in [2.24, 2.45) is 0 Å². The summed E-state index contributed by atoms with van der Waals surface area (Å²) in [7, 11) is 0. The van der Waals surface area contributed by atoms with E-state index in [1.54, 1.807) is 4.90 Å². The Morgan fingerprint density at radius 3 is 2.11 bits per heavy atom. The van der Waals surface area contributed by atoms with Gasteiger partial charge in [-0.1, -0.05) is 48.5 Å². The Morgan fingerprint density at radius 1 is 1.05 bits per heavy atom. The molecule has 0 radical (unpaired) electrons. The van der Waals surface area contributed by atoms with Crippen LogP contribution in [0.2, 0.25) is 0 Å². The minimum absolute atomic E-state index is 0.0218. The Labute approximate surface area is 118 Å². The Balaban J connectivity index is 2.36. The SMILES string of the molecule is CC(c1ccccc1)N(C(=O)CCl)c1ccccc1. The van der Waals surface area contributed by atoms with E-state index in [1.165, 1.54) is 0 Å². The van der Waals surface area contributed by atoms with Crippen LogP contribution in [0.4, 0.5) is 5.69 Å². The first-order chi connectivity index (χ1) is 9.24. The van der Waals surface area contributed by atoms with Gasteiger partial charge >= 0.3 is 0 Å². The van der Waals surface area contributed by atoms with Crippen LogP contribution in [0, 0.1) is 0 Å². The van der Waals surface area contributed by atoms with Crippen molar-refractivity contribution in [3.8, 4) is 0 Å². The van der Waals surface area contributed by atoms with E-state index >= 15 is 0 Å². The van der Waals surface area contributed by atoms with Crippen molar-refractivity contribution in [3.05, 3.63) is 66.2 Å². The molecule has 2 aromatic rings. The van der Waals surface area contributed by atoms with Gasteiger partial charge in [-0.25, -0.2) is 0 Å². The fraction of sp³-hybridized carbons (Fsp3) is 0.188. The van der Waals surface area contributed by atoms with Gasteiger partial charge in [-0.15, -0.1) is 11.6 Å². The minimum atomic E-state index is -0.0933. The predicted molar refractivity (Wildman–Crippen MR) is 79.5 cm³/mol. The number of alkyl halides is 1. The molecule has 0 N–H and O–H groups in total. The lowest BCUT2D eigenvalue weighted by Gasteiger charge is -2.29. The summed E-state index contributed by atoms with van der Waals surface area (Å²) in [6.45, 7) is 2.01. The Kier molecular flexibility index (Phi) is 4.58. The molecule has 0 aliphatic rings. The smallest absolute Gasteiger partial charge is 0.242 e. The van der Waals surface area contributed by atoms with Crippen LogP contribution >= 0.6 is 11.6 Å². The third kappa shape index (κ3) is 3.15. The van der Waals surface area contributed by atoms with Gasteiger partial charge in [-0.2, -0.15) is 0 Å². The highest BCUT2D eigenvalue weighted by Gasteiger charge is 2.22. The Morgan fingerprint density at radius 2 is 1.58 bits per heavy atom. The second-order valence-electron chi connectivity index (χ2n) is 4.32. The van der Waals surface area contributed by atoms with E-state index in [0.29, 0.717) is 0 Å². The molecule has 1 atom stereocenters. The summed E-state index contributed by atoms with van der Waals surface area (Å²) in [5, 5.41) is 0. The molecule has 2 nitrogen and oxygen atoms in total. The first-order valence-corrected chi connectivity index (χ1v) is 6.75. The zero-order chi connectivity index (χ0) is 13.7. The van der Waals surface area contributed by atoms with Crippen molar-refractivity contribution in [2.75, 3.05) is 10.8 Å². The maximum absolute atomic E-state index is 12.1. The van der Waals surface area contributed by atoms with Crippen LogP contribution in [-0.4, -0.2) is 11.8 Å². The zero-order valence-corrected chi connectivity index (χ0v) is 11.5. The van der Waals surface area contributed by atoms with Gasteiger partial charge in [0, 0.05) is 5.69 Å². The molecule has 0 heterocycles. The number of carbonyl (C=O) groups excluding carboxylic acids is 1. The van der Waals surface area contributed by atoms with E-state index in [4.69, 9.17) is 11.6 Å². The molecule has 0 fully saturated rings. The van der Waals surface area contributed by atoms with Gasteiger partial charge in [0.15, 0.2) is 0 Å². The molecule has 2 aromatic carbocycles. The van der Waals surface area contributed by atoms with E-state index in [0.717, 1.165) is 11.3 Å². The van der Waals surface area contributed by atoms with Crippen molar-refractivity contribution in [3.63, 3.8) is 0 Å². The lowest BCUT2D eigenvalue weighted by atomic mass is 10.1. The monoisotopic (exact) mass is 273 g/mol. The summed E-state index contributed by atoms with van der Waals surface area (Å²) >= 11 is 5.74. The maximum atomic E-state index is 12.1. The highest BCUT2D eigenvalue weighted by Crippen LogP contribution is 2.27. The number of para-hydroxylation sites is 1. The number of hydrogen-bond donors (Lipinski definition) is 0. The van der Waals surface area contributed by atoms with Crippen LogP contribution in [0.5, 0.6) is 0 Å². The molecule has 0 aliphatic heterocycles. The number of carbonyl (C=O) groups is 1. The van der Waals surface area contributed by atoms with Gasteiger partial charge in [0.25, 0.3) is 0 Å². The Bertz CT molecular complexity index is 527. The van der Waals surface area contributed by atoms with Crippen molar-refractivity contribution < 1.29 is 4.79 Å². The number of anilines is 1. The van der Waals surface area contributed by atoms with Crippen LogP contribution in [-0.2, 0) is 4.79 Å². The van der Waals surface area contributed by atoms with E-state index in [1.807, 2.05) is 67.6 Å². The topological polar surface area (TPSA) is 20.3 Å². The molecule has 0 spiro atoms. The van der Waals surface area contributed by atoms with Crippen molar-refractivity contribution in [1.82, 2.24) is 0 Å². The molecular weight excluding hydrogens is 258 g/mol. The number of halogens is 1. The van der Waals surface area contributed by atoms with Gasteiger partial charge in [0.1, 0.15) is 5.88 Å². The predicted octanol–water partition coefficient (Wildman–Crippen LogP) is 4.02. The van der Waals surface area contributed by atoms with Gasteiger partial charge in [-0.3, -0.25) is 4.79 Å². The fourth-order valence-electron chi connectivity index (χ4n) is 2.12. The van der Waals surface area contributed by atoms with E-state index in [2.05, 4.69) is 0 Å². The average Bonchev–Trinajstić information content (AvgIpc) is 2.49. The molecule has 2 rings (SSSR count). The van der Waals surface area contributed by atoms with Crippen molar-refractivity contribution in [1.29, 1.82) is 0 Å². The van der Waals surface area contributed by atoms with Gasteiger partial charge < -0.3 is 4.90 Å². The van der Waals surface area contributed by atoms with Crippen LogP contribution in [0.1, 0.15) is 18.5 Å². The molecule has 19 heavy (non-hydrogen) atoms. The van der Waals surface area contributed by atoms with Crippen molar-refractivity contribution >= 4 is 23.2 Å². The van der Waals surface area contributed by atoms with Crippen LogP contribution < -0.4 is 4.90 Å². The number of rotatable bonds is 4. The third-order valence-electron chi connectivity index (χ3n) is 3.09. The zero-order valence-electron chi connectivity index (χ0n) is 10.8. The quantitative estimate of drug-likeness (QED) is 0.771. The number of hydrogen-bond acceptors (Lipinski definition) is 1. The van der Waals surface area contributed by atoms with E-state index in [-0.39, 0.29) is 17.8 Å². The fourth-order valence-corrected chi connectivity index (χ4v) is 2.25. The molecular formula is C16H16ClNO. The second kappa shape index (κ2) is 6.39. The molecule has 1 amide bonds. The van der Waals surface area contributed by atoms with Gasteiger partial charge in [0.05, 0.1) is 6.04 Å². The lowest BCUT2D eigenvalue weighted by molar-refractivity contribution is -0.116. The highest BCUT2D eigenvalue weighted by atomic mass is 35.5. The summed E-state index contributed by atoms with van der Waals surface area (Å²) < 4.78 is 0. The Hall–Kier alpha value is -1.80. The second-order valence-corrected chi connectivity index (χ2v) is 4.59. The maximum Gasteiger partial charge on any atom is 0.242 e. The van der Waals surface area contributed by atoms with Crippen LogP contribution in [0.25, 0.3) is 0 Å². The van der Waals surface area contributed by atoms with Crippen molar-refractivity contribution in [2.45, 2.75) is 13.0 Å². The van der Waals surface area contributed by atoms with Crippen LogP contribution in [0.15, 0.2) is 60.7 Å². The van der Waals surface area contributed by atoms with Crippen LogP contribution in [0.3, 0.4) is 0 Å². The number of amides is 1. The summed E-state index contributed by atoms with van der Waals surface area (Å²) in [6, 6.07) is 19.5. The molecule has 98 valence electrons. The van der Waals surface area contributed by atoms with Gasteiger partial charge in [0.2, 0.25) is 5.91 Å². The first-order valence-electron chi connectivity index (χ1n) is 6.22. The molecule has 3 heteroatoms. The highest BCUT2D eigenvalue weighted by molar-refractivity contribution is 6.29. The number of benzene rings is 2. The molecule has 0 aromatic heterocycles. The minimum Gasteiger partial charge on any atom is -0.304 e. The van der Waals surface area contributed by atoms with E-state index in [9.17, 15) is 4.79 Å². The lowest BCUT2D eigenvalue weighted by Crippen LogP contribution is -2.34. The average molecular weight is 274 g/mol. The largest absolute Gasteiger partial charge is 0.304 e. The molecule has 0 saturated carbocycles. The first kappa shape index (κ1) is 13.6. The van der Waals surface area contributed by atoms with Gasteiger partial charge in [-0.05, 0) is 24.6 Å². The standard InChI is InChI=1S/C16H16ClNO/c1-13(14-8-4-2-5-9-14)18(16(19)12-17)15-10-6-3-7-11-15/h2-11,13H,12H2,1H3. The van der Waals surface area contributed by atoms with E-state index < -0.39 is 0 Å². The molecule has 0 aliphatic carbocycles. The number of nitrogens with zero attached hydrogens (tertiary/aromatic N) is 1.